The Hall–Kier alpha value is -1.81. The van der Waals surface area contributed by atoms with E-state index >= 15 is 0 Å². The third-order valence-corrected chi connectivity index (χ3v) is 2.97. The van der Waals surface area contributed by atoms with Gasteiger partial charge in [0.2, 0.25) is 0 Å². The lowest BCUT2D eigenvalue weighted by Crippen LogP contribution is -2.51. The Morgan fingerprint density at radius 1 is 1.53 bits per heavy atom. The topological polar surface area (TPSA) is 58.6 Å². The molecule has 0 aliphatic carbocycles. The van der Waals surface area contributed by atoms with Gasteiger partial charge in [-0.25, -0.2) is 0 Å². The number of nitrogens with one attached hydrogen (secondary N) is 1. The molecule has 104 valence electrons. The Kier molecular flexibility index (Phi) is 5.12. The molecule has 1 aromatic carbocycles. The van der Waals surface area contributed by atoms with E-state index in [9.17, 15) is 9.90 Å². The molecule has 0 fully saturated rings. The van der Waals surface area contributed by atoms with Gasteiger partial charge in [0.25, 0.3) is 5.91 Å². The maximum Gasteiger partial charge on any atom is 0.255 e. The molecular formula is C15H21NO3. The van der Waals surface area contributed by atoms with Crippen molar-refractivity contribution in [2.24, 2.45) is 0 Å². The normalized spacial score (nSPS) is 12.6. The van der Waals surface area contributed by atoms with Gasteiger partial charge in [-0.3, -0.25) is 4.79 Å². The lowest BCUT2D eigenvalue weighted by atomic mass is 9.98. The maximum absolute atomic E-state index is 12.2. The van der Waals surface area contributed by atoms with E-state index in [1.165, 1.54) is 0 Å². The summed E-state index contributed by atoms with van der Waals surface area (Å²) in [6.07, 6.45) is 0.965. The van der Waals surface area contributed by atoms with Crippen molar-refractivity contribution in [1.82, 2.24) is 5.32 Å². The zero-order valence-corrected chi connectivity index (χ0v) is 11.6. The first-order chi connectivity index (χ1) is 8.88. The summed E-state index contributed by atoms with van der Waals surface area (Å²) in [7, 11) is 0. The van der Waals surface area contributed by atoms with Crippen LogP contribution in [0.1, 0.15) is 31.1 Å². The van der Waals surface area contributed by atoms with Crippen molar-refractivity contribution in [3.63, 3.8) is 0 Å². The lowest BCUT2D eigenvalue weighted by molar-refractivity contribution is 0.0706. The molecule has 0 aliphatic rings. The van der Waals surface area contributed by atoms with Crippen LogP contribution in [-0.4, -0.2) is 29.3 Å². The minimum absolute atomic E-state index is 0.273. The van der Waals surface area contributed by atoms with Crippen LogP contribution in [0.25, 0.3) is 0 Å². The van der Waals surface area contributed by atoms with Crippen LogP contribution in [0, 0.1) is 0 Å². The fraction of sp³-hybridized carbons (Fsp3) is 0.400. The summed E-state index contributed by atoms with van der Waals surface area (Å²) in [6, 6.07) is 6.99. The third-order valence-electron chi connectivity index (χ3n) is 2.97. The van der Waals surface area contributed by atoms with Crippen molar-refractivity contribution in [3.8, 4) is 5.75 Å². The summed E-state index contributed by atoms with van der Waals surface area (Å²) in [5.41, 5.74) is -0.263. The Balaban J connectivity index is 2.90. The number of carbonyl (C=O) groups excluding carboxylic acids is 1. The highest BCUT2D eigenvalue weighted by molar-refractivity contribution is 5.97. The number of para-hydroxylation sites is 1. The molecule has 0 aromatic heterocycles. The second-order valence-corrected chi connectivity index (χ2v) is 4.95. The van der Waals surface area contributed by atoms with E-state index in [1.807, 2.05) is 0 Å². The Labute approximate surface area is 114 Å². The van der Waals surface area contributed by atoms with E-state index < -0.39 is 11.6 Å². The maximum atomic E-state index is 12.2. The molecule has 1 aromatic rings. The number of benzene rings is 1. The number of hydrogen-bond acceptors (Lipinski definition) is 3. The molecule has 0 saturated heterocycles. The lowest BCUT2D eigenvalue weighted by Gasteiger charge is -2.29. The first-order valence-corrected chi connectivity index (χ1v) is 6.21. The summed E-state index contributed by atoms with van der Waals surface area (Å²) in [6.45, 7) is 9.08. The predicted octanol–water partition coefficient (Wildman–Crippen LogP) is 2.14. The van der Waals surface area contributed by atoms with Crippen LogP contribution in [0.15, 0.2) is 36.9 Å². The Morgan fingerprint density at radius 2 is 2.16 bits per heavy atom. The zero-order chi connectivity index (χ0) is 14.5. The van der Waals surface area contributed by atoms with Gasteiger partial charge in [0.15, 0.2) is 0 Å². The highest BCUT2D eigenvalue weighted by Gasteiger charge is 2.27. The summed E-state index contributed by atoms with van der Waals surface area (Å²) >= 11 is 0. The number of rotatable bonds is 6. The van der Waals surface area contributed by atoms with Gasteiger partial charge >= 0.3 is 0 Å². The molecule has 4 nitrogen and oxygen atoms in total. The average Bonchev–Trinajstić information content (AvgIpc) is 2.36. The first-order valence-electron chi connectivity index (χ1n) is 6.21. The van der Waals surface area contributed by atoms with Gasteiger partial charge in [-0.05, 0) is 32.9 Å². The van der Waals surface area contributed by atoms with Gasteiger partial charge in [-0.15, -0.1) is 0 Å². The number of amides is 1. The SMILES string of the molecule is C=CCOc1ccccc1C(=O)NC(C)(C)C(C)O. The van der Waals surface area contributed by atoms with Crippen LogP contribution in [0.2, 0.25) is 0 Å². The Bertz CT molecular complexity index is 452. The number of aliphatic hydroxyl groups is 1. The van der Waals surface area contributed by atoms with Gasteiger partial charge in [0.05, 0.1) is 17.2 Å². The molecular weight excluding hydrogens is 242 g/mol. The fourth-order valence-electron chi connectivity index (χ4n) is 1.39. The van der Waals surface area contributed by atoms with E-state index in [0.29, 0.717) is 17.9 Å². The monoisotopic (exact) mass is 263 g/mol. The van der Waals surface area contributed by atoms with E-state index in [0.717, 1.165) is 0 Å². The summed E-state index contributed by atoms with van der Waals surface area (Å²) < 4.78 is 5.44. The van der Waals surface area contributed by atoms with Crippen LogP contribution in [0.4, 0.5) is 0 Å². The molecule has 0 bridgehead atoms. The number of aliphatic hydroxyl groups excluding tert-OH is 1. The van der Waals surface area contributed by atoms with Crippen LogP contribution < -0.4 is 10.1 Å². The summed E-state index contributed by atoms with van der Waals surface area (Å²) in [4.78, 5) is 12.2. The van der Waals surface area contributed by atoms with E-state index in [2.05, 4.69) is 11.9 Å². The van der Waals surface area contributed by atoms with Crippen molar-refractivity contribution in [2.45, 2.75) is 32.4 Å². The zero-order valence-electron chi connectivity index (χ0n) is 11.6. The van der Waals surface area contributed by atoms with Crippen LogP contribution in [0.3, 0.4) is 0 Å². The molecule has 1 amide bonds. The van der Waals surface area contributed by atoms with Gasteiger partial charge in [-0.1, -0.05) is 24.8 Å². The molecule has 1 unspecified atom stereocenters. The van der Waals surface area contributed by atoms with E-state index in [1.54, 1.807) is 51.1 Å². The molecule has 1 rings (SSSR count). The van der Waals surface area contributed by atoms with Gasteiger partial charge in [0, 0.05) is 0 Å². The smallest absolute Gasteiger partial charge is 0.255 e. The van der Waals surface area contributed by atoms with E-state index in [4.69, 9.17) is 4.74 Å². The summed E-state index contributed by atoms with van der Waals surface area (Å²) in [5.74, 6) is 0.229. The van der Waals surface area contributed by atoms with Crippen LogP contribution >= 0.6 is 0 Å². The first kappa shape index (κ1) is 15.2. The molecule has 0 saturated carbocycles. The van der Waals surface area contributed by atoms with Crippen molar-refractivity contribution in [1.29, 1.82) is 0 Å². The van der Waals surface area contributed by atoms with Crippen molar-refractivity contribution in [3.05, 3.63) is 42.5 Å². The third kappa shape index (κ3) is 4.10. The molecule has 19 heavy (non-hydrogen) atoms. The minimum atomic E-state index is -0.706. The largest absolute Gasteiger partial charge is 0.489 e. The molecule has 2 N–H and O–H groups in total. The van der Waals surface area contributed by atoms with Gasteiger partial charge in [-0.2, -0.15) is 0 Å². The Morgan fingerprint density at radius 3 is 2.74 bits per heavy atom. The second kappa shape index (κ2) is 6.38. The minimum Gasteiger partial charge on any atom is -0.489 e. The standard InChI is InChI=1S/C15H21NO3/c1-5-10-19-13-9-7-6-8-12(13)14(18)16-15(3,4)11(2)17/h5-9,11,17H,1,10H2,2-4H3,(H,16,18). The molecule has 0 spiro atoms. The second-order valence-electron chi connectivity index (χ2n) is 4.95. The quantitative estimate of drug-likeness (QED) is 0.773. The number of hydrogen-bond donors (Lipinski definition) is 2. The van der Waals surface area contributed by atoms with Gasteiger partial charge < -0.3 is 15.2 Å². The van der Waals surface area contributed by atoms with E-state index in [-0.39, 0.29) is 5.91 Å². The molecule has 0 heterocycles. The molecule has 0 aliphatic heterocycles. The highest BCUT2D eigenvalue weighted by Crippen LogP contribution is 2.19. The highest BCUT2D eigenvalue weighted by atomic mass is 16.5. The van der Waals surface area contributed by atoms with Crippen molar-refractivity contribution >= 4 is 5.91 Å². The van der Waals surface area contributed by atoms with Crippen LogP contribution in [0.5, 0.6) is 5.75 Å². The molecule has 1 atom stereocenters. The van der Waals surface area contributed by atoms with Crippen molar-refractivity contribution in [2.75, 3.05) is 6.61 Å². The fourth-order valence-corrected chi connectivity index (χ4v) is 1.39. The molecule has 4 heteroatoms. The summed E-state index contributed by atoms with van der Waals surface area (Å²) in [5, 5.41) is 12.4. The number of carbonyl (C=O) groups is 1. The molecule has 0 radical (unpaired) electrons. The van der Waals surface area contributed by atoms with Crippen molar-refractivity contribution < 1.29 is 14.6 Å². The average molecular weight is 263 g/mol. The number of ether oxygens (including phenoxy) is 1. The van der Waals surface area contributed by atoms with Crippen LogP contribution in [-0.2, 0) is 0 Å². The van der Waals surface area contributed by atoms with Gasteiger partial charge in [0.1, 0.15) is 12.4 Å². The predicted molar refractivity (Wildman–Crippen MR) is 75.4 cm³/mol.